The standard InChI is InChI=1S/C17H26N5O5/c1-10-6-21(7-11(2)27-10)8-12-18-15-14(22(12)9-13(23)26-5)16(24)20(4)17(25)19(15)3/h10-11,14H,6-9H2,1-5H3/q+1. The van der Waals surface area contributed by atoms with Gasteiger partial charge in [0.05, 0.1) is 19.3 Å². The summed E-state index contributed by atoms with van der Waals surface area (Å²) in [5.74, 6) is 0.0449. The maximum Gasteiger partial charge on any atom is 0.347 e. The van der Waals surface area contributed by atoms with E-state index in [0.29, 0.717) is 18.2 Å². The first kappa shape index (κ1) is 19.4. The lowest BCUT2D eigenvalue weighted by Gasteiger charge is -2.34. The second kappa shape index (κ2) is 7.35. The molecule has 148 valence electrons. The number of carbonyl (C=O) groups excluding carboxylic acids is 3. The van der Waals surface area contributed by atoms with Gasteiger partial charge in [0.2, 0.25) is 0 Å². The molecule has 0 aliphatic carbocycles. The first-order chi connectivity index (χ1) is 12.7. The molecule has 0 saturated carbocycles. The summed E-state index contributed by atoms with van der Waals surface area (Å²) in [4.78, 5) is 46.1. The number of nitrogens with zero attached hydrogens (tertiary/aromatic N) is 5. The van der Waals surface area contributed by atoms with Gasteiger partial charge < -0.3 is 9.47 Å². The molecule has 3 amide bonds. The second-order valence-corrected chi connectivity index (χ2v) is 7.18. The molecule has 0 bridgehead atoms. The monoisotopic (exact) mass is 380 g/mol. The van der Waals surface area contributed by atoms with E-state index in [1.807, 2.05) is 13.8 Å². The first-order valence-corrected chi connectivity index (χ1v) is 8.93. The summed E-state index contributed by atoms with van der Waals surface area (Å²) >= 11 is 0. The molecule has 2 fully saturated rings. The van der Waals surface area contributed by atoms with Crippen molar-refractivity contribution < 1.29 is 28.4 Å². The second-order valence-electron chi connectivity index (χ2n) is 7.18. The summed E-state index contributed by atoms with van der Waals surface area (Å²) in [6.45, 7) is 5.79. The molecule has 0 N–H and O–H groups in total. The Balaban J connectivity index is 1.94. The van der Waals surface area contributed by atoms with E-state index < -0.39 is 23.9 Å². The van der Waals surface area contributed by atoms with Crippen LogP contribution >= 0.6 is 0 Å². The van der Waals surface area contributed by atoms with E-state index in [1.54, 1.807) is 11.6 Å². The van der Waals surface area contributed by atoms with Crippen molar-refractivity contribution in [3.63, 3.8) is 0 Å². The summed E-state index contributed by atoms with van der Waals surface area (Å²) in [7, 11) is 4.31. The average molecular weight is 380 g/mol. The van der Waals surface area contributed by atoms with Crippen molar-refractivity contribution in [2.45, 2.75) is 32.1 Å². The molecule has 3 heterocycles. The predicted octanol–water partition coefficient (Wildman–Crippen LogP) is -1.02. The fraction of sp³-hybridized carbons (Fsp3) is 0.706. The normalized spacial score (nSPS) is 29.2. The Morgan fingerprint density at radius 2 is 1.85 bits per heavy atom. The number of ether oxygens (including phenoxy) is 2. The SMILES string of the molecule is COC(=O)C[N+]1=C(CN2CC(C)OC(C)C2)N=C2C1C(=O)N(C)C(=O)N2C. The number of methoxy groups -OCH3 is 1. The van der Waals surface area contributed by atoms with Crippen LogP contribution in [0.5, 0.6) is 0 Å². The van der Waals surface area contributed by atoms with Gasteiger partial charge in [0.15, 0.2) is 6.54 Å². The van der Waals surface area contributed by atoms with Gasteiger partial charge >= 0.3 is 17.8 Å². The van der Waals surface area contributed by atoms with Crippen LogP contribution < -0.4 is 0 Å². The van der Waals surface area contributed by atoms with E-state index >= 15 is 0 Å². The summed E-state index contributed by atoms with van der Waals surface area (Å²) in [6, 6.07) is -1.24. The lowest BCUT2D eigenvalue weighted by Crippen LogP contribution is -2.62. The highest BCUT2D eigenvalue weighted by Gasteiger charge is 2.53. The van der Waals surface area contributed by atoms with Crippen molar-refractivity contribution in [2.24, 2.45) is 4.99 Å². The van der Waals surface area contributed by atoms with Gasteiger partial charge in [-0.1, -0.05) is 0 Å². The van der Waals surface area contributed by atoms with Crippen LogP contribution in [0.1, 0.15) is 13.8 Å². The van der Waals surface area contributed by atoms with Gasteiger partial charge in [0.25, 0.3) is 17.8 Å². The molecule has 3 unspecified atom stereocenters. The van der Waals surface area contributed by atoms with Crippen molar-refractivity contribution in [3.05, 3.63) is 0 Å². The van der Waals surface area contributed by atoms with E-state index in [9.17, 15) is 14.4 Å². The van der Waals surface area contributed by atoms with Gasteiger partial charge in [-0.3, -0.25) is 19.5 Å². The Bertz CT molecular complexity index is 723. The highest BCUT2D eigenvalue weighted by atomic mass is 16.5. The molecule has 0 spiro atoms. The molecule has 27 heavy (non-hydrogen) atoms. The number of morpholine rings is 1. The number of rotatable bonds is 4. The molecule has 0 aromatic carbocycles. The van der Waals surface area contributed by atoms with Crippen LogP contribution in [0, 0.1) is 0 Å². The number of amidine groups is 2. The fourth-order valence-electron chi connectivity index (χ4n) is 3.77. The largest absolute Gasteiger partial charge is 0.466 e. The van der Waals surface area contributed by atoms with Gasteiger partial charge in [-0.05, 0) is 18.8 Å². The van der Waals surface area contributed by atoms with Gasteiger partial charge in [-0.15, -0.1) is 0 Å². The number of fused-ring (bicyclic) bond motifs is 1. The van der Waals surface area contributed by atoms with Crippen LogP contribution in [0.3, 0.4) is 0 Å². The number of amides is 3. The van der Waals surface area contributed by atoms with E-state index in [4.69, 9.17) is 9.47 Å². The number of aliphatic imine (C=N–C) groups is 1. The van der Waals surface area contributed by atoms with Crippen LogP contribution in [-0.2, 0) is 19.1 Å². The van der Waals surface area contributed by atoms with Gasteiger partial charge in [-0.2, -0.15) is 0 Å². The van der Waals surface area contributed by atoms with Gasteiger partial charge in [0.1, 0.15) is 6.54 Å². The summed E-state index contributed by atoms with van der Waals surface area (Å²) in [5.41, 5.74) is 0. The summed E-state index contributed by atoms with van der Waals surface area (Å²) < 4.78 is 12.2. The van der Waals surface area contributed by atoms with Gasteiger partial charge in [0, 0.05) is 27.2 Å². The smallest absolute Gasteiger partial charge is 0.347 e. The molecule has 3 aliphatic heterocycles. The minimum Gasteiger partial charge on any atom is -0.466 e. The Hall–Kier alpha value is -2.33. The average Bonchev–Trinajstić information content (AvgIpc) is 2.95. The Morgan fingerprint density at radius 3 is 2.44 bits per heavy atom. The van der Waals surface area contributed by atoms with E-state index in [1.165, 1.54) is 19.1 Å². The number of carbonyl (C=O) groups is 3. The van der Waals surface area contributed by atoms with Gasteiger partial charge in [-0.25, -0.2) is 14.2 Å². The van der Waals surface area contributed by atoms with Crippen LogP contribution in [0.4, 0.5) is 4.79 Å². The fourth-order valence-corrected chi connectivity index (χ4v) is 3.77. The number of likely N-dealkylation sites (N-methyl/N-ethyl adjacent to an activating group) is 2. The van der Waals surface area contributed by atoms with Crippen LogP contribution in [0.2, 0.25) is 0 Å². The highest BCUT2D eigenvalue weighted by molar-refractivity contribution is 6.23. The third-order valence-electron chi connectivity index (χ3n) is 5.00. The summed E-state index contributed by atoms with van der Waals surface area (Å²) in [5, 5.41) is 0. The topological polar surface area (TPSA) is 94.8 Å². The number of hydrogen-bond acceptors (Lipinski definition) is 7. The zero-order valence-corrected chi connectivity index (χ0v) is 16.3. The maximum absolute atomic E-state index is 12.7. The van der Waals surface area contributed by atoms with E-state index in [0.717, 1.165) is 18.0 Å². The van der Waals surface area contributed by atoms with E-state index in [-0.39, 0.29) is 18.8 Å². The first-order valence-electron chi connectivity index (χ1n) is 8.93. The zero-order valence-electron chi connectivity index (χ0n) is 16.3. The minimum atomic E-state index is -0.803. The number of esters is 1. The molecule has 0 aromatic rings. The lowest BCUT2D eigenvalue weighted by molar-refractivity contribution is -0.527. The maximum atomic E-state index is 12.7. The minimum absolute atomic E-state index is 0.0803. The molecular weight excluding hydrogens is 354 g/mol. The van der Waals surface area contributed by atoms with Crippen molar-refractivity contribution in [2.75, 3.05) is 47.4 Å². The van der Waals surface area contributed by atoms with E-state index in [2.05, 4.69) is 9.89 Å². The van der Waals surface area contributed by atoms with Crippen LogP contribution in [0.25, 0.3) is 0 Å². The quantitative estimate of drug-likeness (QED) is 0.458. The molecular formula is C17H26N5O5+. The highest BCUT2D eigenvalue weighted by Crippen LogP contribution is 2.20. The van der Waals surface area contributed by atoms with Crippen molar-refractivity contribution >= 4 is 29.6 Å². The van der Waals surface area contributed by atoms with Crippen molar-refractivity contribution in [1.29, 1.82) is 0 Å². The molecule has 2 saturated heterocycles. The van der Waals surface area contributed by atoms with Crippen LogP contribution in [-0.4, -0.2) is 114 Å². The van der Waals surface area contributed by atoms with Crippen LogP contribution in [0.15, 0.2) is 4.99 Å². The van der Waals surface area contributed by atoms with Crippen molar-refractivity contribution in [3.8, 4) is 0 Å². The number of hydrogen-bond donors (Lipinski definition) is 0. The third kappa shape index (κ3) is 3.59. The predicted molar refractivity (Wildman–Crippen MR) is 95.8 cm³/mol. The Labute approximate surface area is 158 Å². The summed E-state index contributed by atoms with van der Waals surface area (Å²) in [6.07, 6.45) is 0.161. The number of imide groups is 1. The molecule has 0 radical (unpaired) electrons. The zero-order chi connectivity index (χ0) is 19.9. The molecule has 3 rings (SSSR count). The number of urea groups is 1. The Kier molecular flexibility index (Phi) is 5.29. The molecule has 3 aliphatic rings. The molecule has 10 heteroatoms. The molecule has 0 aromatic heterocycles. The Morgan fingerprint density at radius 1 is 1.22 bits per heavy atom. The molecule has 10 nitrogen and oxygen atoms in total. The van der Waals surface area contributed by atoms with Crippen molar-refractivity contribution in [1.82, 2.24) is 14.7 Å². The lowest BCUT2D eigenvalue weighted by atomic mass is 10.1. The third-order valence-corrected chi connectivity index (χ3v) is 5.00. The molecule has 3 atom stereocenters.